The number of aromatic carboxylic acids is 1. The summed E-state index contributed by atoms with van der Waals surface area (Å²) in [5, 5.41) is 9.08. The molecular formula is C15H22N2O4S. The highest BCUT2D eigenvalue weighted by atomic mass is 32.2. The van der Waals surface area contributed by atoms with Gasteiger partial charge in [-0.15, -0.1) is 0 Å². The lowest BCUT2D eigenvalue weighted by atomic mass is 10.1. The molecule has 1 aromatic carbocycles. The fourth-order valence-electron chi connectivity index (χ4n) is 2.60. The molecule has 0 unspecified atom stereocenters. The van der Waals surface area contributed by atoms with Crippen molar-refractivity contribution >= 4 is 16.0 Å². The predicted molar refractivity (Wildman–Crippen MR) is 83.6 cm³/mol. The van der Waals surface area contributed by atoms with Crippen molar-refractivity contribution in [3.8, 4) is 0 Å². The fraction of sp³-hybridized carbons (Fsp3) is 0.533. The Labute approximate surface area is 131 Å². The summed E-state index contributed by atoms with van der Waals surface area (Å²) in [4.78, 5) is 13.3. The second-order valence-electron chi connectivity index (χ2n) is 5.58. The highest BCUT2D eigenvalue weighted by molar-refractivity contribution is 7.89. The number of carboxylic acid groups (broad SMARTS) is 1. The van der Waals surface area contributed by atoms with E-state index in [1.54, 1.807) is 6.92 Å². The van der Waals surface area contributed by atoms with E-state index in [2.05, 4.69) is 9.62 Å². The Morgan fingerprint density at radius 3 is 2.59 bits per heavy atom. The monoisotopic (exact) mass is 326 g/mol. The maximum absolute atomic E-state index is 12.2. The minimum Gasteiger partial charge on any atom is -0.478 e. The molecule has 1 heterocycles. The van der Waals surface area contributed by atoms with Gasteiger partial charge in [0.2, 0.25) is 10.0 Å². The standard InChI is InChI=1S/C15H22N2O4S/c1-12-5-6-13(11-14(12)15(18)19)22(20,21)16-7-10-17-8-3-2-4-9-17/h5-6,11,16H,2-4,7-10H2,1H3,(H,18,19). The van der Waals surface area contributed by atoms with E-state index in [0.717, 1.165) is 25.9 Å². The first kappa shape index (κ1) is 16.9. The van der Waals surface area contributed by atoms with Gasteiger partial charge in [0, 0.05) is 13.1 Å². The van der Waals surface area contributed by atoms with Crippen LogP contribution in [0.15, 0.2) is 23.1 Å². The van der Waals surface area contributed by atoms with Crippen LogP contribution >= 0.6 is 0 Å². The summed E-state index contributed by atoms with van der Waals surface area (Å²) in [5.41, 5.74) is 0.554. The number of carbonyl (C=O) groups is 1. The molecule has 0 amide bonds. The van der Waals surface area contributed by atoms with Crippen LogP contribution in [-0.4, -0.2) is 50.6 Å². The van der Waals surface area contributed by atoms with Gasteiger partial charge in [-0.05, 0) is 50.6 Å². The van der Waals surface area contributed by atoms with Gasteiger partial charge in [0.25, 0.3) is 0 Å². The molecular weight excluding hydrogens is 304 g/mol. The third-order valence-electron chi connectivity index (χ3n) is 3.92. The van der Waals surface area contributed by atoms with Crippen molar-refractivity contribution in [3.63, 3.8) is 0 Å². The number of nitrogens with zero attached hydrogens (tertiary/aromatic N) is 1. The lowest BCUT2D eigenvalue weighted by Crippen LogP contribution is -2.37. The van der Waals surface area contributed by atoms with E-state index in [1.807, 2.05) is 0 Å². The second kappa shape index (κ2) is 7.21. The van der Waals surface area contributed by atoms with Crippen LogP contribution in [0.1, 0.15) is 35.2 Å². The zero-order chi connectivity index (χ0) is 16.2. The minimum atomic E-state index is -3.67. The Hall–Kier alpha value is -1.44. The van der Waals surface area contributed by atoms with Crippen molar-refractivity contribution in [2.75, 3.05) is 26.2 Å². The van der Waals surface area contributed by atoms with Gasteiger partial charge in [0.05, 0.1) is 10.5 Å². The number of benzene rings is 1. The largest absolute Gasteiger partial charge is 0.478 e. The van der Waals surface area contributed by atoms with Crippen molar-refractivity contribution in [2.45, 2.75) is 31.1 Å². The molecule has 0 atom stereocenters. The molecule has 2 rings (SSSR count). The van der Waals surface area contributed by atoms with Crippen LogP contribution in [0.2, 0.25) is 0 Å². The number of sulfonamides is 1. The third kappa shape index (κ3) is 4.28. The van der Waals surface area contributed by atoms with Crippen molar-refractivity contribution in [1.29, 1.82) is 0 Å². The summed E-state index contributed by atoms with van der Waals surface area (Å²) in [6.07, 6.45) is 3.56. The maximum Gasteiger partial charge on any atom is 0.335 e. The van der Waals surface area contributed by atoms with E-state index in [9.17, 15) is 13.2 Å². The summed E-state index contributed by atoms with van der Waals surface area (Å²) < 4.78 is 27.0. The smallest absolute Gasteiger partial charge is 0.335 e. The number of aryl methyl sites for hydroxylation is 1. The average molecular weight is 326 g/mol. The Kier molecular flexibility index (Phi) is 5.55. The first-order valence-corrected chi connectivity index (χ1v) is 8.94. The molecule has 0 aliphatic carbocycles. The number of carboxylic acids is 1. The molecule has 0 radical (unpaired) electrons. The average Bonchev–Trinajstić information content (AvgIpc) is 2.48. The van der Waals surface area contributed by atoms with Crippen LogP contribution in [0.3, 0.4) is 0 Å². The number of likely N-dealkylation sites (tertiary alicyclic amines) is 1. The molecule has 122 valence electrons. The number of hydrogen-bond acceptors (Lipinski definition) is 4. The van der Waals surface area contributed by atoms with Crippen LogP contribution in [-0.2, 0) is 10.0 Å². The van der Waals surface area contributed by atoms with Crippen molar-refractivity contribution in [2.24, 2.45) is 0 Å². The van der Waals surface area contributed by atoms with Gasteiger partial charge in [-0.3, -0.25) is 0 Å². The highest BCUT2D eigenvalue weighted by Crippen LogP contribution is 2.15. The van der Waals surface area contributed by atoms with Crippen LogP contribution in [0.25, 0.3) is 0 Å². The van der Waals surface area contributed by atoms with E-state index in [-0.39, 0.29) is 10.5 Å². The molecule has 1 aliphatic rings. The van der Waals surface area contributed by atoms with Gasteiger partial charge in [0.1, 0.15) is 0 Å². The fourth-order valence-corrected chi connectivity index (χ4v) is 3.65. The lowest BCUT2D eigenvalue weighted by molar-refractivity contribution is 0.0696. The van der Waals surface area contributed by atoms with Gasteiger partial charge in [-0.1, -0.05) is 12.5 Å². The highest BCUT2D eigenvalue weighted by Gasteiger charge is 2.18. The molecule has 0 aromatic heterocycles. The quantitative estimate of drug-likeness (QED) is 0.826. The Morgan fingerprint density at radius 2 is 1.95 bits per heavy atom. The van der Waals surface area contributed by atoms with Crippen LogP contribution in [0.4, 0.5) is 0 Å². The summed E-state index contributed by atoms with van der Waals surface area (Å²) in [7, 11) is -3.67. The van der Waals surface area contributed by atoms with Crippen LogP contribution in [0.5, 0.6) is 0 Å². The summed E-state index contributed by atoms with van der Waals surface area (Å²) >= 11 is 0. The zero-order valence-corrected chi connectivity index (χ0v) is 13.5. The SMILES string of the molecule is Cc1ccc(S(=O)(=O)NCCN2CCCCC2)cc1C(=O)O. The van der Waals surface area contributed by atoms with E-state index in [4.69, 9.17) is 5.11 Å². The molecule has 0 bridgehead atoms. The molecule has 1 fully saturated rings. The van der Waals surface area contributed by atoms with Crippen molar-refractivity contribution in [3.05, 3.63) is 29.3 Å². The predicted octanol–water partition coefficient (Wildman–Crippen LogP) is 1.46. The topological polar surface area (TPSA) is 86.7 Å². The van der Waals surface area contributed by atoms with E-state index < -0.39 is 16.0 Å². The maximum atomic E-state index is 12.2. The summed E-state index contributed by atoms with van der Waals surface area (Å²) in [5.74, 6) is -1.12. The van der Waals surface area contributed by atoms with Crippen molar-refractivity contribution in [1.82, 2.24) is 9.62 Å². The van der Waals surface area contributed by atoms with Gasteiger partial charge in [-0.2, -0.15) is 0 Å². The van der Waals surface area contributed by atoms with Gasteiger partial charge < -0.3 is 10.0 Å². The third-order valence-corrected chi connectivity index (χ3v) is 5.38. The Morgan fingerprint density at radius 1 is 1.27 bits per heavy atom. The van der Waals surface area contributed by atoms with Gasteiger partial charge in [-0.25, -0.2) is 17.9 Å². The first-order valence-electron chi connectivity index (χ1n) is 7.46. The number of piperidine rings is 1. The molecule has 1 saturated heterocycles. The second-order valence-corrected chi connectivity index (χ2v) is 7.35. The molecule has 2 N–H and O–H groups in total. The van der Waals surface area contributed by atoms with Gasteiger partial charge >= 0.3 is 5.97 Å². The van der Waals surface area contributed by atoms with Gasteiger partial charge in [0.15, 0.2) is 0 Å². The van der Waals surface area contributed by atoms with Crippen molar-refractivity contribution < 1.29 is 18.3 Å². The molecule has 1 aromatic rings. The molecule has 0 saturated carbocycles. The summed E-state index contributed by atoms with van der Waals surface area (Å²) in [6, 6.07) is 4.16. The molecule has 1 aliphatic heterocycles. The summed E-state index contributed by atoms with van der Waals surface area (Å²) in [6.45, 7) is 4.67. The Balaban J connectivity index is 2.00. The number of nitrogens with one attached hydrogen (secondary N) is 1. The molecule has 7 heteroatoms. The number of rotatable bonds is 6. The van der Waals surface area contributed by atoms with Crippen LogP contribution in [0, 0.1) is 6.92 Å². The van der Waals surface area contributed by atoms with E-state index in [0.29, 0.717) is 18.7 Å². The van der Waals surface area contributed by atoms with E-state index in [1.165, 1.54) is 24.6 Å². The van der Waals surface area contributed by atoms with Crippen LogP contribution < -0.4 is 4.72 Å². The molecule has 0 spiro atoms. The molecule has 6 nitrogen and oxygen atoms in total. The minimum absolute atomic E-state index is 0.00542. The normalized spacial score (nSPS) is 16.6. The Bertz CT molecular complexity index is 637. The molecule has 22 heavy (non-hydrogen) atoms. The first-order chi connectivity index (χ1) is 10.4. The van der Waals surface area contributed by atoms with E-state index >= 15 is 0 Å². The lowest BCUT2D eigenvalue weighted by Gasteiger charge is -2.26. The number of hydrogen-bond donors (Lipinski definition) is 2. The zero-order valence-electron chi connectivity index (χ0n) is 12.7.